The molecule has 0 spiro atoms. The zero-order valence-corrected chi connectivity index (χ0v) is 16.9. The number of nitrogens with two attached hydrogens (primary N) is 1. The average Bonchev–Trinajstić information content (AvgIpc) is 3.13. The summed E-state index contributed by atoms with van der Waals surface area (Å²) in [4.78, 5) is 11.6. The molecule has 0 radical (unpaired) electrons. The minimum absolute atomic E-state index is 0.137. The summed E-state index contributed by atoms with van der Waals surface area (Å²) in [5.41, 5.74) is 5.58. The number of amides is 1. The van der Waals surface area contributed by atoms with Crippen molar-refractivity contribution >= 4 is 17.4 Å². The maximum Gasteiger partial charge on any atom is 0.455 e. The molecule has 0 aromatic heterocycles. The fraction of sp³-hybridized carbons (Fsp3) is 0.300. The summed E-state index contributed by atoms with van der Waals surface area (Å²) in [5.74, 6) is -8.33. The van der Waals surface area contributed by atoms with Gasteiger partial charge >= 0.3 is 12.1 Å². The van der Waals surface area contributed by atoms with E-state index in [1.54, 1.807) is 6.92 Å². The van der Waals surface area contributed by atoms with Crippen LogP contribution in [0.5, 0.6) is 0 Å². The summed E-state index contributed by atoms with van der Waals surface area (Å²) in [6.07, 6.45) is -7.10. The zero-order chi connectivity index (χ0) is 24.6. The number of rotatable bonds is 7. The van der Waals surface area contributed by atoms with E-state index in [1.807, 2.05) is 0 Å². The van der Waals surface area contributed by atoms with E-state index in [2.05, 4.69) is 15.2 Å². The van der Waals surface area contributed by atoms with Crippen molar-refractivity contribution in [2.24, 2.45) is 10.8 Å². The molecule has 1 amide bonds. The molecule has 0 fully saturated rings. The van der Waals surface area contributed by atoms with Gasteiger partial charge in [0, 0.05) is 0 Å². The Morgan fingerprint density at radius 3 is 2.36 bits per heavy atom. The van der Waals surface area contributed by atoms with E-state index in [0.717, 1.165) is 23.2 Å². The number of ether oxygens (including phenoxy) is 1. The second-order valence-electron chi connectivity index (χ2n) is 7.15. The van der Waals surface area contributed by atoms with Gasteiger partial charge in [-0.15, -0.1) is 5.10 Å². The largest absolute Gasteiger partial charge is 0.455 e. The number of carbonyl (C=O) groups excluding carboxylic acids is 1. The van der Waals surface area contributed by atoms with Gasteiger partial charge in [0.1, 0.15) is 18.2 Å². The molecule has 0 bridgehead atoms. The Morgan fingerprint density at radius 1 is 1.15 bits per heavy atom. The van der Waals surface area contributed by atoms with Crippen LogP contribution in [0.15, 0.2) is 41.5 Å². The lowest BCUT2D eigenvalue weighted by Gasteiger charge is -2.25. The van der Waals surface area contributed by atoms with Crippen molar-refractivity contribution in [3.63, 3.8) is 0 Å². The molecule has 3 N–H and O–H groups in total. The third-order valence-electron chi connectivity index (χ3n) is 4.79. The normalized spacial score (nSPS) is 16.5. The minimum Gasteiger partial charge on any atom is -0.370 e. The predicted octanol–water partition coefficient (Wildman–Crippen LogP) is 3.89. The molecule has 2 aromatic rings. The van der Waals surface area contributed by atoms with Crippen molar-refractivity contribution in [2.45, 2.75) is 31.8 Å². The number of nitrogens with one attached hydrogen (secondary N) is 1. The van der Waals surface area contributed by atoms with Crippen LogP contribution in [0.25, 0.3) is 0 Å². The highest BCUT2D eigenvalue weighted by Crippen LogP contribution is 2.36. The van der Waals surface area contributed by atoms with Crippen LogP contribution in [-0.4, -0.2) is 30.4 Å². The molecule has 0 saturated carbocycles. The van der Waals surface area contributed by atoms with E-state index in [-0.39, 0.29) is 11.3 Å². The molecule has 1 aliphatic heterocycles. The Balaban J connectivity index is 1.91. The van der Waals surface area contributed by atoms with E-state index >= 15 is 0 Å². The summed E-state index contributed by atoms with van der Waals surface area (Å²) >= 11 is 0. The highest BCUT2D eigenvalue weighted by atomic mass is 19.4. The summed E-state index contributed by atoms with van der Waals surface area (Å²) in [5, 5.41) is 7.50. The van der Waals surface area contributed by atoms with Crippen LogP contribution < -0.4 is 16.1 Å². The highest BCUT2D eigenvalue weighted by Gasteiger charge is 2.57. The van der Waals surface area contributed by atoms with Gasteiger partial charge in [0.05, 0.1) is 17.9 Å². The monoisotopic (exact) mass is 478 g/mol. The van der Waals surface area contributed by atoms with Crippen LogP contribution in [0.3, 0.4) is 0 Å². The molecule has 1 heterocycles. The van der Waals surface area contributed by atoms with E-state index < -0.39 is 60.4 Å². The van der Waals surface area contributed by atoms with Gasteiger partial charge in [0.25, 0.3) is 5.91 Å². The van der Waals surface area contributed by atoms with Crippen molar-refractivity contribution in [3.05, 3.63) is 64.7 Å². The van der Waals surface area contributed by atoms with Crippen LogP contribution in [0, 0.1) is 18.6 Å². The van der Waals surface area contributed by atoms with Gasteiger partial charge in [0.2, 0.25) is 5.84 Å². The standard InChI is InChI=1S/C20H17F7N4O2/c1-10-5-6-12(7-11(10)8-33-9-19(23,24)20(25,26)27)31-18(29-17(30-31)16(28)32)15-13(21)3-2-4-14(15)22/h2-7,18H,8-9H2,1H3,(H2,28,32)(H,29,30). The van der Waals surface area contributed by atoms with Gasteiger partial charge in [-0.05, 0) is 42.3 Å². The number of hydrogen-bond donors (Lipinski definition) is 2. The smallest absolute Gasteiger partial charge is 0.370 e. The van der Waals surface area contributed by atoms with Crippen LogP contribution >= 0.6 is 0 Å². The molecule has 0 aliphatic carbocycles. The Morgan fingerprint density at radius 2 is 1.79 bits per heavy atom. The molecule has 2 aromatic carbocycles. The number of primary amides is 1. The molecule has 178 valence electrons. The van der Waals surface area contributed by atoms with Crippen LogP contribution in [0.1, 0.15) is 22.9 Å². The van der Waals surface area contributed by atoms with E-state index in [4.69, 9.17) is 5.73 Å². The number of alkyl halides is 5. The lowest BCUT2D eigenvalue weighted by atomic mass is 10.1. The average molecular weight is 478 g/mol. The minimum atomic E-state index is -5.76. The molecular weight excluding hydrogens is 461 g/mol. The number of halogens is 7. The summed E-state index contributed by atoms with van der Waals surface area (Å²) in [7, 11) is 0. The molecule has 6 nitrogen and oxygen atoms in total. The van der Waals surface area contributed by atoms with Gasteiger partial charge in [-0.1, -0.05) is 12.1 Å². The first-order valence-corrected chi connectivity index (χ1v) is 9.31. The Hall–Kier alpha value is -3.35. The number of amidine groups is 1. The van der Waals surface area contributed by atoms with Crippen LogP contribution in [0.4, 0.5) is 36.4 Å². The number of carbonyl (C=O) groups is 1. The van der Waals surface area contributed by atoms with Crippen LogP contribution in [0.2, 0.25) is 0 Å². The van der Waals surface area contributed by atoms with Crippen molar-refractivity contribution in [2.75, 3.05) is 11.6 Å². The molecule has 3 rings (SSSR count). The summed E-state index contributed by atoms with van der Waals surface area (Å²) < 4.78 is 96.5. The number of hydrazone groups is 1. The van der Waals surface area contributed by atoms with E-state index in [9.17, 15) is 35.5 Å². The van der Waals surface area contributed by atoms with Gasteiger partial charge < -0.3 is 15.8 Å². The van der Waals surface area contributed by atoms with E-state index in [0.29, 0.717) is 5.56 Å². The second-order valence-corrected chi connectivity index (χ2v) is 7.15. The maximum absolute atomic E-state index is 14.4. The lowest BCUT2D eigenvalue weighted by molar-refractivity contribution is -0.297. The van der Waals surface area contributed by atoms with Crippen LogP contribution in [-0.2, 0) is 16.1 Å². The first-order chi connectivity index (χ1) is 15.3. The first-order valence-electron chi connectivity index (χ1n) is 9.31. The fourth-order valence-electron chi connectivity index (χ4n) is 3.01. The Labute approximate surface area is 182 Å². The zero-order valence-electron chi connectivity index (χ0n) is 16.9. The predicted molar refractivity (Wildman–Crippen MR) is 103 cm³/mol. The molecule has 1 unspecified atom stereocenters. The van der Waals surface area contributed by atoms with Gasteiger partial charge in [0.15, 0.2) is 6.17 Å². The van der Waals surface area contributed by atoms with Crippen molar-refractivity contribution in [3.8, 4) is 0 Å². The molecule has 1 aliphatic rings. The quantitative estimate of drug-likeness (QED) is 0.592. The lowest BCUT2D eigenvalue weighted by Crippen LogP contribution is -2.40. The van der Waals surface area contributed by atoms with Crippen molar-refractivity contribution < 1.29 is 40.3 Å². The summed E-state index contributed by atoms with van der Waals surface area (Å²) in [6.45, 7) is -0.949. The van der Waals surface area contributed by atoms with Crippen molar-refractivity contribution in [1.82, 2.24) is 5.32 Å². The number of hydrogen-bond acceptors (Lipinski definition) is 5. The Bertz CT molecular complexity index is 1070. The molecular formula is C20H17F7N4O2. The number of benzene rings is 2. The van der Waals surface area contributed by atoms with Gasteiger partial charge in [-0.2, -0.15) is 22.0 Å². The summed E-state index contributed by atoms with van der Waals surface area (Å²) in [6, 6.07) is 7.38. The third-order valence-corrected chi connectivity index (χ3v) is 4.79. The molecule has 0 saturated heterocycles. The molecule has 13 heteroatoms. The number of anilines is 1. The van der Waals surface area contributed by atoms with Crippen molar-refractivity contribution in [1.29, 1.82) is 0 Å². The van der Waals surface area contributed by atoms with Gasteiger partial charge in [-0.3, -0.25) is 4.79 Å². The number of nitrogens with zero attached hydrogens (tertiary/aromatic N) is 2. The second kappa shape index (κ2) is 8.89. The molecule has 33 heavy (non-hydrogen) atoms. The Kier molecular flexibility index (Phi) is 6.54. The SMILES string of the molecule is Cc1ccc(N2N=C(C(N)=O)NC2c2c(F)cccc2F)cc1COCC(F)(F)C(F)(F)F. The fourth-order valence-corrected chi connectivity index (χ4v) is 3.01. The molecule has 1 atom stereocenters. The van der Waals surface area contributed by atoms with E-state index in [1.165, 1.54) is 18.2 Å². The third kappa shape index (κ3) is 5.02. The topological polar surface area (TPSA) is 80.0 Å². The maximum atomic E-state index is 14.4. The van der Waals surface area contributed by atoms with Gasteiger partial charge in [-0.25, -0.2) is 13.8 Å². The first kappa shape index (κ1) is 24.3. The highest BCUT2D eigenvalue weighted by molar-refractivity contribution is 6.38. The number of aryl methyl sites for hydroxylation is 1.